The van der Waals surface area contributed by atoms with Crippen molar-refractivity contribution in [2.45, 2.75) is 39.8 Å². The van der Waals surface area contributed by atoms with Gasteiger partial charge in [-0.15, -0.1) is 0 Å². The Bertz CT molecular complexity index is 3060. The topological polar surface area (TPSA) is 70.5 Å². The van der Waals surface area contributed by atoms with Crippen molar-refractivity contribution in [3.63, 3.8) is 0 Å². The van der Waals surface area contributed by atoms with Crippen molar-refractivity contribution >= 4 is 88.6 Å². The molecule has 0 aliphatic carbocycles. The summed E-state index contributed by atoms with van der Waals surface area (Å²) >= 11 is -0.346. The Morgan fingerprint density at radius 2 is 0.644 bits per heavy atom. The molecule has 0 amide bonds. The van der Waals surface area contributed by atoms with E-state index in [1.807, 2.05) is 48.5 Å². The molecule has 4 N–H and O–H groups in total. The number of methoxy groups -OCH3 is 2. The van der Waals surface area contributed by atoms with Gasteiger partial charge >= 0.3 is 34.5 Å². The van der Waals surface area contributed by atoms with Crippen molar-refractivity contribution in [2.75, 3.05) is 14.2 Å². The Labute approximate surface area is 449 Å². The molecule has 0 aliphatic heterocycles. The predicted octanol–water partition coefficient (Wildman–Crippen LogP) is 14.2. The molecule has 0 heterocycles. The quantitative estimate of drug-likeness (QED) is 0.0945. The molecule has 0 aromatic heterocycles. The van der Waals surface area contributed by atoms with Crippen LogP contribution in [0.15, 0.2) is 218 Å². The molecule has 0 aliphatic rings. The summed E-state index contributed by atoms with van der Waals surface area (Å²) in [4.78, 5) is 0. The van der Waals surface area contributed by atoms with Gasteiger partial charge in [0.1, 0.15) is 11.5 Å². The maximum atomic E-state index is 6.24. The summed E-state index contributed by atoms with van der Waals surface area (Å²) in [7, 11) is 11.2. The fourth-order valence-electron chi connectivity index (χ4n) is 9.11. The SMILES string of the molecule is COc1ccc([C@H](N)[C@@H](N)c2ccc(OC)cc2)cc1.Cc1ccc(P(c2ccc(C)cc2)c2ccc3ccccc3c2-c2c(P(c3ccc(C)cc3)c3ccc(C)cc3)ccc3ccccc23)cc1.[Cl][Ru][Cl]. The molecule has 0 bridgehead atoms. The third kappa shape index (κ3) is 12.8. The minimum absolute atomic E-state index is 0.269. The summed E-state index contributed by atoms with van der Waals surface area (Å²) in [6.45, 7) is 8.72. The van der Waals surface area contributed by atoms with Crippen LogP contribution in [-0.2, 0) is 15.1 Å². The van der Waals surface area contributed by atoms with Crippen molar-refractivity contribution in [3.8, 4) is 22.6 Å². The Morgan fingerprint density at radius 3 is 0.918 bits per heavy atom. The maximum absolute atomic E-state index is 6.24. The Morgan fingerprint density at radius 1 is 0.370 bits per heavy atom. The molecular formula is C64H60Cl2N2O2P2Ru. The van der Waals surface area contributed by atoms with Gasteiger partial charge in [-0.3, -0.25) is 0 Å². The molecule has 10 aromatic carbocycles. The minimum atomic E-state index is -0.885. The standard InChI is InChI=1S/C48H40P2.C16H20N2O2.2ClH.Ru/c1-33-13-23-39(24-14-33)49(40-25-15-34(2)16-26-40)45-31-21-37-9-5-7-11-43(37)47(45)48-44-12-8-6-10-38(44)22-32-46(48)50(41-27-17-35(3)18-28-41)42-29-19-36(4)20-30-42;1-19-13-7-3-11(4-8-13)15(17)16(18)12-5-9-14(20-2)10-6-12;;;/h5-32H,1-4H3;3-10,15-16H,17-18H2,1-2H3;2*1H;/q;;;;+2/p-2/t;15-,16-;;;/m.0.../s1. The summed E-state index contributed by atoms with van der Waals surface area (Å²) < 4.78 is 10.3. The van der Waals surface area contributed by atoms with Gasteiger partial charge in [-0.2, -0.15) is 0 Å². The normalized spacial score (nSPS) is 11.9. The first kappa shape index (κ1) is 53.6. The first-order chi connectivity index (χ1) is 35.5. The summed E-state index contributed by atoms with van der Waals surface area (Å²) in [5.41, 5.74) is 22.3. The van der Waals surface area contributed by atoms with Crippen LogP contribution in [0.25, 0.3) is 32.7 Å². The average molecular weight is 1120 g/mol. The Balaban J connectivity index is 0.000000258. The van der Waals surface area contributed by atoms with Crippen molar-refractivity contribution < 1.29 is 24.6 Å². The van der Waals surface area contributed by atoms with Crippen LogP contribution in [0.4, 0.5) is 0 Å². The zero-order valence-electron chi connectivity index (χ0n) is 41.9. The van der Waals surface area contributed by atoms with E-state index in [4.69, 9.17) is 40.3 Å². The van der Waals surface area contributed by atoms with E-state index >= 15 is 0 Å². The Kier molecular flexibility index (Phi) is 18.7. The summed E-state index contributed by atoms with van der Waals surface area (Å²) in [6, 6.07) is 79.4. The van der Waals surface area contributed by atoms with E-state index in [0.29, 0.717) is 0 Å². The Hall–Kier alpha value is -5.70. The molecule has 10 aromatic rings. The number of hydrogen-bond acceptors (Lipinski definition) is 4. The van der Waals surface area contributed by atoms with E-state index < -0.39 is 15.8 Å². The van der Waals surface area contributed by atoms with Gasteiger partial charge in [-0.25, -0.2) is 0 Å². The van der Waals surface area contributed by atoms with Gasteiger partial charge in [0.05, 0.1) is 14.2 Å². The third-order valence-electron chi connectivity index (χ3n) is 13.1. The van der Waals surface area contributed by atoms with Crippen LogP contribution in [0.2, 0.25) is 0 Å². The number of halogens is 2. The second kappa shape index (κ2) is 25.5. The van der Waals surface area contributed by atoms with Crippen LogP contribution < -0.4 is 52.8 Å². The van der Waals surface area contributed by atoms with E-state index in [0.717, 1.165) is 22.6 Å². The fourth-order valence-corrected chi connectivity index (χ4v) is 14.0. The van der Waals surface area contributed by atoms with Gasteiger partial charge in [0.2, 0.25) is 0 Å². The van der Waals surface area contributed by atoms with E-state index in [2.05, 4.69) is 198 Å². The van der Waals surface area contributed by atoms with Crippen LogP contribution in [0.3, 0.4) is 0 Å². The summed E-state index contributed by atoms with van der Waals surface area (Å²) in [5.74, 6) is 1.61. The van der Waals surface area contributed by atoms with E-state index in [1.54, 1.807) is 14.2 Å². The van der Waals surface area contributed by atoms with Crippen LogP contribution in [-0.4, -0.2) is 14.2 Å². The molecule has 0 saturated carbocycles. The van der Waals surface area contributed by atoms with Gasteiger partial charge in [0.25, 0.3) is 0 Å². The molecule has 0 radical (unpaired) electrons. The van der Waals surface area contributed by atoms with E-state index in [9.17, 15) is 0 Å². The molecule has 370 valence electrons. The molecule has 73 heavy (non-hydrogen) atoms. The monoisotopic (exact) mass is 1120 g/mol. The molecule has 0 spiro atoms. The first-order valence-electron chi connectivity index (χ1n) is 24.1. The van der Waals surface area contributed by atoms with Crippen LogP contribution in [0.1, 0.15) is 45.5 Å². The number of rotatable bonds is 12. The first-order valence-corrected chi connectivity index (χ1v) is 31.2. The summed E-state index contributed by atoms with van der Waals surface area (Å²) in [6.07, 6.45) is 0. The molecule has 0 fully saturated rings. The number of hydrogen-bond donors (Lipinski definition) is 2. The van der Waals surface area contributed by atoms with Crippen LogP contribution in [0.5, 0.6) is 11.5 Å². The number of aryl methyl sites for hydroxylation is 4. The van der Waals surface area contributed by atoms with Crippen LogP contribution >= 0.6 is 35.2 Å². The fraction of sp³-hybridized carbons (Fsp3) is 0.125. The van der Waals surface area contributed by atoms with E-state index in [1.165, 1.54) is 86.8 Å². The number of ether oxygens (including phenoxy) is 2. The average Bonchev–Trinajstić information content (AvgIpc) is 3.43. The zero-order chi connectivity index (χ0) is 51.4. The van der Waals surface area contributed by atoms with Crippen molar-refractivity contribution in [1.29, 1.82) is 0 Å². The number of fused-ring (bicyclic) bond motifs is 2. The molecule has 2 atom stereocenters. The molecule has 0 saturated heterocycles. The molecular weight excluding hydrogens is 1060 g/mol. The molecule has 4 nitrogen and oxygen atoms in total. The van der Waals surface area contributed by atoms with Gasteiger partial charge in [-0.1, -0.05) is 216 Å². The summed E-state index contributed by atoms with van der Waals surface area (Å²) in [5, 5.41) is 13.4. The van der Waals surface area contributed by atoms with Crippen molar-refractivity contribution in [3.05, 3.63) is 252 Å². The molecule has 9 heteroatoms. The molecule has 10 rings (SSSR count). The van der Waals surface area contributed by atoms with Crippen molar-refractivity contribution in [1.82, 2.24) is 0 Å². The second-order valence-electron chi connectivity index (χ2n) is 18.0. The second-order valence-corrected chi connectivity index (χ2v) is 25.0. The predicted molar refractivity (Wildman–Crippen MR) is 315 cm³/mol. The number of benzene rings is 10. The molecule has 0 unspecified atom stereocenters. The van der Waals surface area contributed by atoms with Crippen LogP contribution in [0, 0.1) is 27.7 Å². The van der Waals surface area contributed by atoms with E-state index in [-0.39, 0.29) is 27.2 Å². The van der Waals surface area contributed by atoms with Gasteiger partial charge in [0, 0.05) is 12.1 Å². The third-order valence-corrected chi connectivity index (χ3v) is 18.1. The van der Waals surface area contributed by atoms with Gasteiger partial charge < -0.3 is 20.9 Å². The van der Waals surface area contributed by atoms with Gasteiger partial charge in [0.15, 0.2) is 0 Å². The zero-order valence-corrected chi connectivity index (χ0v) is 47.0. The van der Waals surface area contributed by atoms with Gasteiger partial charge in [-0.05, 0) is 143 Å². The number of nitrogens with two attached hydrogens (primary N) is 2. The van der Waals surface area contributed by atoms with Crippen molar-refractivity contribution in [2.24, 2.45) is 11.5 Å².